The van der Waals surface area contributed by atoms with Gasteiger partial charge in [0.1, 0.15) is 0 Å². The lowest BCUT2D eigenvalue weighted by molar-refractivity contribution is -0.385. The number of benzene rings is 1. The van der Waals surface area contributed by atoms with Crippen molar-refractivity contribution in [1.82, 2.24) is 5.32 Å². The zero-order valence-corrected chi connectivity index (χ0v) is 10.8. The summed E-state index contributed by atoms with van der Waals surface area (Å²) < 4.78 is 0. The molecule has 0 aliphatic rings. The Labute approximate surface area is 108 Å². The van der Waals surface area contributed by atoms with E-state index >= 15 is 0 Å². The molecule has 1 unspecified atom stereocenters. The molecule has 4 nitrogen and oxygen atoms in total. The second-order valence-electron chi connectivity index (χ2n) is 4.29. The first-order chi connectivity index (χ1) is 8.56. The Kier molecular flexibility index (Phi) is 5.34. The lowest BCUT2D eigenvalue weighted by Crippen LogP contribution is -2.19. The highest BCUT2D eigenvalue weighted by Crippen LogP contribution is 2.23. The maximum absolute atomic E-state index is 10.9. The van der Waals surface area contributed by atoms with E-state index < -0.39 is 0 Å². The maximum atomic E-state index is 10.9. The smallest absolute Gasteiger partial charge is 0.272 e. The van der Waals surface area contributed by atoms with E-state index in [9.17, 15) is 10.1 Å². The minimum absolute atomic E-state index is 0.0853. The van der Waals surface area contributed by atoms with Crippen molar-refractivity contribution in [3.8, 4) is 12.3 Å². The predicted molar refractivity (Wildman–Crippen MR) is 72.3 cm³/mol. The van der Waals surface area contributed by atoms with E-state index in [-0.39, 0.29) is 16.7 Å². The number of hydrogen-bond donors (Lipinski definition) is 1. The molecule has 0 aliphatic carbocycles. The topological polar surface area (TPSA) is 55.2 Å². The largest absolute Gasteiger partial charge is 0.310 e. The third kappa shape index (κ3) is 3.86. The second-order valence-corrected chi connectivity index (χ2v) is 4.29. The molecule has 4 heteroatoms. The lowest BCUT2D eigenvalue weighted by Gasteiger charge is -2.14. The zero-order valence-electron chi connectivity index (χ0n) is 10.8. The molecule has 0 aliphatic heterocycles. The van der Waals surface area contributed by atoms with Crippen molar-refractivity contribution in [2.75, 3.05) is 6.54 Å². The molecule has 18 heavy (non-hydrogen) atoms. The van der Waals surface area contributed by atoms with Crippen molar-refractivity contribution in [3.05, 3.63) is 39.4 Å². The summed E-state index contributed by atoms with van der Waals surface area (Å²) in [7, 11) is 0. The molecule has 0 saturated carbocycles. The van der Waals surface area contributed by atoms with E-state index in [0.29, 0.717) is 5.56 Å². The molecule has 1 rings (SSSR count). The number of nitro groups is 1. The Bertz CT molecular complexity index is 463. The highest BCUT2D eigenvalue weighted by Gasteiger charge is 2.13. The summed E-state index contributed by atoms with van der Waals surface area (Å²) in [6, 6.07) is 5.42. The number of unbranched alkanes of at least 4 members (excludes halogenated alkanes) is 1. The number of hydrogen-bond acceptors (Lipinski definition) is 3. The van der Waals surface area contributed by atoms with Crippen molar-refractivity contribution in [1.29, 1.82) is 0 Å². The van der Waals surface area contributed by atoms with E-state index in [2.05, 4.69) is 11.2 Å². The van der Waals surface area contributed by atoms with E-state index in [1.165, 1.54) is 0 Å². The minimum Gasteiger partial charge on any atom is -0.310 e. The van der Waals surface area contributed by atoms with E-state index in [4.69, 9.17) is 6.42 Å². The van der Waals surface area contributed by atoms with Crippen LogP contribution in [0, 0.1) is 29.4 Å². The highest BCUT2D eigenvalue weighted by atomic mass is 16.6. The van der Waals surface area contributed by atoms with Crippen LogP contribution in [0.2, 0.25) is 0 Å². The van der Waals surface area contributed by atoms with Gasteiger partial charge in [0.2, 0.25) is 0 Å². The van der Waals surface area contributed by atoms with Gasteiger partial charge >= 0.3 is 0 Å². The van der Waals surface area contributed by atoms with Crippen LogP contribution < -0.4 is 5.32 Å². The van der Waals surface area contributed by atoms with Crippen LogP contribution in [0.4, 0.5) is 5.69 Å². The summed E-state index contributed by atoms with van der Waals surface area (Å²) in [6.45, 7) is 4.55. The van der Waals surface area contributed by atoms with Crippen LogP contribution in [0.25, 0.3) is 0 Å². The average Bonchev–Trinajstić information content (AvgIpc) is 2.34. The van der Waals surface area contributed by atoms with Crippen LogP contribution in [0.5, 0.6) is 0 Å². The first-order valence-corrected chi connectivity index (χ1v) is 5.98. The van der Waals surface area contributed by atoms with Gasteiger partial charge in [0.15, 0.2) is 0 Å². The quantitative estimate of drug-likeness (QED) is 0.363. The maximum Gasteiger partial charge on any atom is 0.272 e. The molecule has 1 aromatic carbocycles. The monoisotopic (exact) mass is 246 g/mol. The molecule has 0 heterocycles. The van der Waals surface area contributed by atoms with Crippen molar-refractivity contribution >= 4 is 5.69 Å². The van der Waals surface area contributed by atoms with E-state index in [0.717, 1.165) is 24.9 Å². The van der Waals surface area contributed by atoms with Gasteiger partial charge in [-0.1, -0.05) is 12.1 Å². The first kappa shape index (κ1) is 14.2. The number of nitro benzene ring substituents is 1. The molecule has 0 fully saturated rings. The van der Waals surface area contributed by atoms with Gasteiger partial charge < -0.3 is 5.32 Å². The molecule has 0 saturated heterocycles. The molecule has 1 aromatic rings. The van der Waals surface area contributed by atoms with Gasteiger partial charge in [-0.05, 0) is 32.4 Å². The number of nitrogens with one attached hydrogen (secondary N) is 1. The van der Waals surface area contributed by atoms with Crippen molar-refractivity contribution in [2.45, 2.75) is 32.7 Å². The zero-order chi connectivity index (χ0) is 13.5. The van der Waals surface area contributed by atoms with Crippen LogP contribution in [0.3, 0.4) is 0 Å². The van der Waals surface area contributed by atoms with Gasteiger partial charge in [-0.3, -0.25) is 10.1 Å². The molecule has 0 aromatic heterocycles. The molecular weight excluding hydrogens is 228 g/mol. The fourth-order valence-corrected chi connectivity index (χ4v) is 1.72. The summed E-state index contributed by atoms with van der Waals surface area (Å²) in [6.07, 6.45) is 6.83. The lowest BCUT2D eigenvalue weighted by atomic mass is 10.0. The van der Waals surface area contributed by atoms with Crippen LogP contribution >= 0.6 is 0 Å². The van der Waals surface area contributed by atoms with Gasteiger partial charge in [-0.2, -0.15) is 0 Å². The first-order valence-electron chi connectivity index (χ1n) is 5.98. The van der Waals surface area contributed by atoms with Crippen LogP contribution in [0.15, 0.2) is 18.2 Å². The normalized spacial score (nSPS) is 11.8. The fourth-order valence-electron chi connectivity index (χ4n) is 1.72. The second kappa shape index (κ2) is 6.77. The van der Waals surface area contributed by atoms with Crippen LogP contribution in [-0.4, -0.2) is 11.5 Å². The summed E-state index contributed by atoms with van der Waals surface area (Å²) in [5.41, 5.74) is 1.78. The van der Waals surface area contributed by atoms with Gasteiger partial charge in [0.05, 0.1) is 4.92 Å². The molecule has 1 atom stereocenters. The molecule has 0 radical (unpaired) electrons. The summed E-state index contributed by atoms with van der Waals surface area (Å²) in [4.78, 5) is 10.5. The van der Waals surface area contributed by atoms with Gasteiger partial charge in [0.25, 0.3) is 5.69 Å². The van der Waals surface area contributed by atoms with Crippen LogP contribution in [0.1, 0.15) is 36.9 Å². The van der Waals surface area contributed by atoms with E-state index in [1.807, 2.05) is 13.0 Å². The highest BCUT2D eigenvalue weighted by molar-refractivity contribution is 5.43. The molecule has 1 N–H and O–H groups in total. The molecule has 0 spiro atoms. The van der Waals surface area contributed by atoms with Crippen LogP contribution in [-0.2, 0) is 0 Å². The Balaban J connectivity index is 2.69. The predicted octanol–water partition coefficient (Wildman–Crippen LogP) is 2.97. The number of aryl methyl sites for hydroxylation is 1. The van der Waals surface area contributed by atoms with Gasteiger partial charge in [-0.15, -0.1) is 12.3 Å². The Morgan fingerprint density at radius 2 is 2.28 bits per heavy atom. The van der Waals surface area contributed by atoms with Crippen molar-refractivity contribution < 1.29 is 4.92 Å². The third-order valence-corrected chi connectivity index (χ3v) is 2.88. The van der Waals surface area contributed by atoms with Crippen molar-refractivity contribution in [3.63, 3.8) is 0 Å². The number of terminal acetylenes is 1. The molecule has 0 bridgehead atoms. The summed E-state index contributed by atoms with van der Waals surface area (Å²) >= 11 is 0. The fraction of sp³-hybridized carbons (Fsp3) is 0.429. The number of nitrogens with zero attached hydrogens (tertiary/aromatic N) is 1. The molecule has 96 valence electrons. The molecule has 0 amide bonds. The SMILES string of the molecule is C#CCCCNC(C)c1ccc(C)c([N+](=O)[O-])c1. The minimum atomic E-state index is -0.343. The van der Waals surface area contributed by atoms with Gasteiger partial charge in [0, 0.05) is 24.1 Å². The number of rotatable bonds is 6. The Morgan fingerprint density at radius 3 is 2.89 bits per heavy atom. The Hall–Kier alpha value is -1.86. The Morgan fingerprint density at radius 1 is 1.56 bits per heavy atom. The average molecular weight is 246 g/mol. The van der Waals surface area contributed by atoms with Gasteiger partial charge in [-0.25, -0.2) is 0 Å². The van der Waals surface area contributed by atoms with Crippen molar-refractivity contribution in [2.24, 2.45) is 0 Å². The third-order valence-electron chi connectivity index (χ3n) is 2.88. The standard InChI is InChI=1S/C14H18N2O2/c1-4-5-6-9-15-12(3)13-8-7-11(2)14(10-13)16(17)18/h1,7-8,10,12,15H,5-6,9H2,2-3H3. The molecular formula is C14H18N2O2. The summed E-state index contributed by atoms with van der Waals surface area (Å²) in [5.74, 6) is 2.58. The van der Waals surface area contributed by atoms with E-state index in [1.54, 1.807) is 19.1 Å². The summed E-state index contributed by atoms with van der Waals surface area (Å²) in [5, 5.41) is 14.2.